The van der Waals surface area contributed by atoms with Crippen molar-refractivity contribution in [3.8, 4) is 5.75 Å². The lowest BCUT2D eigenvalue weighted by atomic mass is 9.77. The van der Waals surface area contributed by atoms with Crippen molar-refractivity contribution in [2.45, 2.75) is 19.4 Å². The molecule has 1 saturated heterocycles. The molecule has 0 amide bonds. The standard InChI is InChI=1S/C16H19BFNO5/c1-4-5-11(2)22-14-8-12(18)6-7-13(14)17-23-15(20)9-19(3)10-16(21)24-17/h4,6-8,11H,1,5,9-10H2,2-3H3/t11-/m0/s1. The van der Waals surface area contributed by atoms with Crippen LogP contribution in [0.4, 0.5) is 4.39 Å². The Hall–Kier alpha value is -2.35. The molecule has 1 aliphatic rings. The third kappa shape index (κ3) is 4.82. The Bertz CT molecular complexity index is 619. The van der Waals surface area contributed by atoms with Crippen LogP contribution >= 0.6 is 0 Å². The second kappa shape index (κ2) is 7.96. The predicted molar refractivity (Wildman–Crippen MR) is 86.4 cm³/mol. The van der Waals surface area contributed by atoms with Gasteiger partial charge < -0.3 is 14.0 Å². The first-order chi connectivity index (χ1) is 11.4. The molecular weight excluding hydrogens is 316 g/mol. The average Bonchev–Trinajstić information content (AvgIpc) is 2.45. The molecule has 2 rings (SSSR count). The summed E-state index contributed by atoms with van der Waals surface area (Å²) in [6.45, 7) is 5.33. The number of hydrogen-bond donors (Lipinski definition) is 0. The van der Waals surface area contributed by atoms with Crippen LogP contribution in [0.5, 0.6) is 5.75 Å². The minimum Gasteiger partial charge on any atom is -0.494 e. The van der Waals surface area contributed by atoms with Gasteiger partial charge in [-0.2, -0.15) is 0 Å². The summed E-state index contributed by atoms with van der Waals surface area (Å²) in [5, 5.41) is 0. The molecule has 0 saturated carbocycles. The SMILES string of the molecule is C=CC[C@H](C)Oc1cc(F)ccc1B1OC(=O)CN(C)CC(=O)O1. The molecule has 0 N–H and O–H groups in total. The molecule has 1 aromatic carbocycles. The summed E-state index contributed by atoms with van der Waals surface area (Å²) >= 11 is 0. The molecule has 1 aromatic rings. The summed E-state index contributed by atoms with van der Waals surface area (Å²) in [5.41, 5.74) is 0.276. The van der Waals surface area contributed by atoms with Gasteiger partial charge in [-0.1, -0.05) is 12.1 Å². The molecule has 1 aliphatic heterocycles. The highest BCUT2D eigenvalue weighted by molar-refractivity contribution is 6.65. The molecule has 8 heteroatoms. The maximum Gasteiger partial charge on any atom is 0.640 e. The second-order valence-electron chi connectivity index (χ2n) is 5.62. The summed E-state index contributed by atoms with van der Waals surface area (Å²) in [7, 11) is 0.330. The number of likely N-dealkylation sites (N-methyl/N-ethyl adjacent to an activating group) is 1. The highest BCUT2D eigenvalue weighted by Crippen LogP contribution is 2.16. The molecule has 0 aliphatic carbocycles. The van der Waals surface area contributed by atoms with Crippen LogP contribution in [0, 0.1) is 5.82 Å². The van der Waals surface area contributed by atoms with E-state index in [0.717, 1.165) is 0 Å². The first-order valence-electron chi connectivity index (χ1n) is 7.53. The molecular formula is C16H19BFNO5. The number of ether oxygens (including phenoxy) is 1. The second-order valence-corrected chi connectivity index (χ2v) is 5.62. The van der Waals surface area contributed by atoms with Gasteiger partial charge in [0.2, 0.25) is 0 Å². The molecule has 24 heavy (non-hydrogen) atoms. The van der Waals surface area contributed by atoms with E-state index in [9.17, 15) is 14.0 Å². The number of halogens is 1. The van der Waals surface area contributed by atoms with E-state index in [1.165, 1.54) is 23.1 Å². The van der Waals surface area contributed by atoms with Crippen molar-refractivity contribution >= 4 is 24.5 Å². The molecule has 0 spiro atoms. The third-order valence-electron chi connectivity index (χ3n) is 3.33. The van der Waals surface area contributed by atoms with Crippen LogP contribution in [-0.4, -0.2) is 50.2 Å². The molecule has 0 radical (unpaired) electrons. The summed E-state index contributed by atoms with van der Waals surface area (Å²) < 4.78 is 29.6. The maximum absolute atomic E-state index is 13.6. The maximum atomic E-state index is 13.6. The number of carbonyl (C=O) groups excluding carboxylic acids is 2. The molecule has 1 fully saturated rings. The van der Waals surface area contributed by atoms with Crippen LogP contribution in [0.3, 0.4) is 0 Å². The zero-order valence-corrected chi connectivity index (χ0v) is 13.7. The van der Waals surface area contributed by atoms with E-state index in [2.05, 4.69) is 6.58 Å². The number of rotatable bonds is 5. The minimum absolute atomic E-state index is 0.0458. The molecule has 6 nitrogen and oxygen atoms in total. The zero-order valence-electron chi connectivity index (χ0n) is 13.7. The minimum atomic E-state index is -1.27. The van der Waals surface area contributed by atoms with Crippen LogP contribution < -0.4 is 10.2 Å². The van der Waals surface area contributed by atoms with Gasteiger partial charge in [0.15, 0.2) is 0 Å². The summed E-state index contributed by atoms with van der Waals surface area (Å²) in [4.78, 5) is 25.2. The van der Waals surface area contributed by atoms with Crippen molar-refractivity contribution in [2.75, 3.05) is 20.1 Å². The van der Waals surface area contributed by atoms with E-state index >= 15 is 0 Å². The van der Waals surface area contributed by atoms with Crippen molar-refractivity contribution in [2.24, 2.45) is 0 Å². The van der Waals surface area contributed by atoms with Crippen molar-refractivity contribution in [1.82, 2.24) is 4.90 Å². The summed E-state index contributed by atoms with van der Waals surface area (Å²) in [5.74, 6) is -1.46. The summed E-state index contributed by atoms with van der Waals surface area (Å²) in [6.07, 6.45) is 1.95. The Morgan fingerprint density at radius 3 is 2.58 bits per heavy atom. The Kier molecular flexibility index (Phi) is 5.97. The highest BCUT2D eigenvalue weighted by atomic mass is 19.1. The van der Waals surface area contributed by atoms with Gasteiger partial charge in [0.1, 0.15) is 11.6 Å². The molecule has 0 unspecified atom stereocenters. The van der Waals surface area contributed by atoms with Gasteiger partial charge >= 0.3 is 19.1 Å². The fourth-order valence-corrected chi connectivity index (χ4v) is 2.27. The van der Waals surface area contributed by atoms with Gasteiger partial charge in [0.25, 0.3) is 0 Å². The van der Waals surface area contributed by atoms with Gasteiger partial charge in [-0.25, -0.2) is 4.39 Å². The molecule has 0 bridgehead atoms. The van der Waals surface area contributed by atoms with Crippen molar-refractivity contribution in [1.29, 1.82) is 0 Å². The average molecular weight is 335 g/mol. The normalized spacial score (nSPS) is 17.4. The predicted octanol–water partition coefficient (Wildman–Crippen LogP) is 0.896. The fourth-order valence-electron chi connectivity index (χ4n) is 2.27. The van der Waals surface area contributed by atoms with E-state index in [1.54, 1.807) is 20.0 Å². The molecule has 1 heterocycles. The van der Waals surface area contributed by atoms with Crippen LogP contribution in [0.15, 0.2) is 30.9 Å². The quantitative estimate of drug-likeness (QED) is 0.588. The van der Waals surface area contributed by atoms with Crippen molar-refractivity contribution in [3.05, 3.63) is 36.7 Å². The van der Waals surface area contributed by atoms with Crippen molar-refractivity contribution < 1.29 is 28.0 Å². The Labute approximate surface area is 140 Å². The Balaban J connectivity index is 2.29. The molecule has 1 atom stereocenters. The molecule has 0 aromatic heterocycles. The number of carbonyl (C=O) groups is 2. The third-order valence-corrected chi connectivity index (χ3v) is 3.33. The van der Waals surface area contributed by atoms with Gasteiger partial charge in [0.05, 0.1) is 24.7 Å². The van der Waals surface area contributed by atoms with E-state index in [-0.39, 0.29) is 30.4 Å². The van der Waals surface area contributed by atoms with Gasteiger partial charge in [-0.3, -0.25) is 14.5 Å². The highest BCUT2D eigenvalue weighted by Gasteiger charge is 2.36. The van der Waals surface area contributed by atoms with E-state index < -0.39 is 24.9 Å². The first kappa shape index (κ1) is 18.0. The lowest BCUT2D eigenvalue weighted by molar-refractivity contribution is -0.145. The summed E-state index contributed by atoms with van der Waals surface area (Å²) in [6, 6.07) is 3.73. The number of nitrogens with zero attached hydrogens (tertiary/aromatic N) is 1. The zero-order chi connectivity index (χ0) is 17.7. The van der Waals surface area contributed by atoms with E-state index in [0.29, 0.717) is 6.42 Å². The largest absolute Gasteiger partial charge is 0.640 e. The lowest BCUT2D eigenvalue weighted by Crippen LogP contribution is -2.48. The smallest absolute Gasteiger partial charge is 0.494 e. The van der Waals surface area contributed by atoms with Gasteiger partial charge in [-0.05, 0) is 20.0 Å². The monoisotopic (exact) mass is 335 g/mol. The van der Waals surface area contributed by atoms with Gasteiger partial charge in [-0.15, -0.1) is 6.58 Å². The lowest BCUT2D eigenvalue weighted by Gasteiger charge is -2.24. The molecule has 128 valence electrons. The topological polar surface area (TPSA) is 65.1 Å². The van der Waals surface area contributed by atoms with Crippen molar-refractivity contribution in [3.63, 3.8) is 0 Å². The van der Waals surface area contributed by atoms with Crippen LogP contribution in [-0.2, 0) is 18.9 Å². The Morgan fingerprint density at radius 1 is 1.38 bits per heavy atom. The van der Waals surface area contributed by atoms with Crippen LogP contribution in [0.2, 0.25) is 0 Å². The Morgan fingerprint density at radius 2 is 2.00 bits per heavy atom. The van der Waals surface area contributed by atoms with Gasteiger partial charge in [0, 0.05) is 12.5 Å². The number of hydrogen-bond acceptors (Lipinski definition) is 6. The first-order valence-corrected chi connectivity index (χ1v) is 7.53. The van der Waals surface area contributed by atoms with E-state index in [1.807, 2.05) is 0 Å². The number of benzene rings is 1. The fraction of sp³-hybridized carbons (Fsp3) is 0.375. The van der Waals surface area contributed by atoms with Crippen LogP contribution in [0.25, 0.3) is 0 Å². The van der Waals surface area contributed by atoms with Crippen LogP contribution in [0.1, 0.15) is 13.3 Å². The van der Waals surface area contributed by atoms with E-state index in [4.69, 9.17) is 14.0 Å².